The van der Waals surface area contributed by atoms with Crippen LogP contribution in [0.5, 0.6) is 0 Å². The largest absolute Gasteiger partial charge is 0.444 e. The smallest absolute Gasteiger partial charge is 0.417 e. The third-order valence-corrected chi connectivity index (χ3v) is 3.01. The first kappa shape index (κ1) is 21.8. The molecule has 0 bridgehead atoms. The highest BCUT2D eigenvalue weighted by Crippen LogP contribution is 2.41. The zero-order valence-corrected chi connectivity index (χ0v) is 14.4. The molecule has 0 aliphatic rings. The number of hydrogen-bond donors (Lipinski definition) is 1. The van der Waals surface area contributed by atoms with E-state index in [1.54, 1.807) is 0 Å². The van der Waals surface area contributed by atoms with Gasteiger partial charge in [0, 0.05) is 6.42 Å². The highest BCUT2D eigenvalue weighted by Gasteiger charge is 2.41. The zero-order chi connectivity index (χ0) is 20.5. The van der Waals surface area contributed by atoms with Crippen LogP contribution in [-0.2, 0) is 17.1 Å². The maximum atomic E-state index is 13.2. The standard InChI is InChI=1S/C16H17F6NO3/c1-5-11(24)12-9(16(20,21)22)6-8(15(17,18)19)7-10(12)23-13(25)26-14(2,3)4/h6-7H,5H2,1-4H3,(H,23,25). The molecule has 1 aromatic carbocycles. The second-order valence-corrected chi connectivity index (χ2v) is 6.35. The summed E-state index contributed by atoms with van der Waals surface area (Å²) < 4.78 is 83.4. The van der Waals surface area contributed by atoms with Gasteiger partial charge in [-0.2, -0.15) is 26.3 Å². The van der Waals surface area contributed by atoms with Crippen molar-refractivity contribution in [3.05, 3.63) is 28.8 Å². The van der Waals surface area contributed by atoms with Gasteiger partial charge in [0.2, 0.25) is 0 Å². The van der Waals surface area contributed by atoms with Crippen molar-refractivity contribution < 1.29 is 40.7 Å². The van der Waals surface area contributed by atoms with Gasteiger partial charge in [0.1, 0.15) is 5.60 Å². The first-order valence-electron chi connectivity index (χ1n) is 7.42. The number of anilines is 1. The average molecular weight is 385 g/mol. The van der Waals surface area contributed by atoms with Gasteiger partial charge in [-0.1, -0.05) is 6.92 Å². The van der Waals surface area contributed by atoms with Crippen molar-refractivity contribution in [3.63, 3.8) is 0 Å². The summed E-state index contributed by atoms with van der Waals surface area (Å²) in [5, 5.41) is 1.83. The Morgan fingerprint density at radius 1 is 1.00 bits per heavy atom. The van der Waals surface area contributed by atoms with Crippen molar-refractivity contribution in [2.45, 2.75) is 52.1 Å². The van der Waals surface area contributed by atoms with Crippen molar-refractivity contribution in [1.29, 1.82) is 0 Å². The van der Waals surface area contributed by atoms with Crippen LogP contribution in [0.25, 0.3) is 0 Å². The maximum absolute atomic E-state index is 13.2. The van der Waals surface area contributed by atoms with E-state index in [2.05, 4.69) is 0 Å². The van der Waals surface area contributed by atoms with Crippen molar-refractivity contribution >= 4 is 17.6 Å². The molecule has 1 amide bonds. The number of hydrogen-bond acceptors (Lipinski definition) is 3. The number of Topliss-reactive ketones (excluding diaryl/α,β-unsaturated/α-hetero) is 1. The molecule has 4 nitrogen and oxygen atoms in total. The number of rotatable bonds is 3. The lowest BCUT2D eigenvalue weighted by Crippen LogP contribution is -2.28. The molecule has 0 aliphatic heterocycles. The molecule has 0 saturated heterocycles. The predicted molar refractivity (Wildman–Crippen MR) is 80.9 cm³/mol. The summed E-state index contributed by atoms with van der Waals surface area (Å²) in [4.78, 5) is 23.8. The highest BCUT2D eigenvalue weighted by molar-refractivity contribution is 6.05. The molecule has 0 spiro atoms. The second kappa shape index (κ2) is 7.16. The van der Waals surface area contributed by atoms with E-state index in [1.807, 2.05) is 5.32 Å². The molecule has 10 heteroatoms. The Morgan fingerprint density at radius 2 is 1.54 bits per heavy atom. The minimum atomic E-state index is -5.23. The predicted octanol–water partition coefficient (Wildman–Crippen LogP) is 5.66. The van der Waals surface area contributed by atoms with Crippen molar-refractivity contribution in [3.8, 4) is 0 Å². The fourth-order valence-corrected chi connectivity index (χ4v) is 2.02. The second-order valence-electron chi connectivity index (χ2n) is 6.35. The lowest BCUT2D eigenvalue weighted by molar-refractivity contribution is -0.143. The van der Waals surface area contributed by atoms with Crippen molar-refractivity contribution in [1.82, 2.24) is 0 Å². The first-order chi connectivity index (χ1) is 11.6. The topological polar surface area (TPSA) is 55.4 Å². The van der Waals surface area contributed by atoms with Gasteiger partial charge in [0.15, 0.2) is 5.78 Å². The van der Waals surface area contributed by atoms with Gasteiger partial charge < -0.3 is 4.74 Å². The van der Waals surface area contributed by atoms with Gasteiger partial charge in [-0.05, 0) is 32.9 Å². The van der Waals surface area contributed by atoms with Gasteiger partial charge >= 0.3 is 18.4 Å². The Bertz CT molecular complexity index is 702. The number of carbonyl (C=O) groups is 2. The number of alkyl halides is 6. The Kier molecular flexibility index (Phi) is 6.00. The Hall–Kier alpha value is -2.26. The van der Waals surface area contributed by atoms with E-state index in [-0.39, 0.29) is 12.1 Å². The highest BCUT2D eigenvalue weighted by atomic mass is 19.4. The van der Waals surface area contributed by atoms with E-state index < -0.39 is 58.6 Å². The summed E-state index contributed by atoms with van der Waals surface area (Å²) in [5.41, 5.74) is -6.42. The van der Waals surface area contributed by atoms with Gasteiger partial charge in [-0.15, -0.1) is 0 Å². The molecule has 0 radical (unpaired) electrons. The molecular formula is C16H17F6NO3. The van der Waals surface area contributed by atoms with Crippen LogP contribution in [0.2, 0.25) is 0 Å². The van der Waals surface area contributed by atoms with Crippen LogP contribution in [0, 0.1) is 0 Å². The van der Waals surface area contributed by atoms with E-state index in [4.69, 9.17) is 4.74 Å². The van der Waals surface area contributed by atoms with E-state index in [1.165, 1.54) is 27.7 Å². The summed E-state index contributed by atoms with van der Waals surface area (Å²) >= 11 is 0. The number of halogens is 6. The molecule has 26 heavy (non-hydrogen) atoms. The van der Waals surface area contributed by atoms with Gasteiger partial charge in [-0.3, -0.25) is 10.1 Å². The zero-order valence-electron chi connectivity index (χ0n) is 14.4. The molecule has 0 unspecified atom stereocenters. The number of ketones is 1. The lowest BCUT2D eigenvalue weighted by atomic mass is 9.96. The molecular weight excluding hydrogens is 368 g/mol. The molecule has 0 aromatic heterocycles. The molecule has 0 heterocycles. The van der Waals surface area contributed by atoms with E-state index in [0.29, 0.717) is 0 Å². The summed E-state index contributed by atoms with van der Waals surface area (Å²) in [7, 11) is 0. The molecule has 0 fully saturated rings. The average Bonchev–Trinajstić information content (AvgIpc) is 2.41. The summed E-state index contributed by atoms with van der Waals surface area (Å²) in [6, 6.07) is 0.130. The first-order valence-corrected chi connectivity index (χ1v) is 7.42. The normalized spacial score (nSPS) is 12.7. The number of amides is 1. The number of nitrogens with one attached hydrogen (secondary N) is 1. The number of ether oxygens (including phenoxy) is 1. The third-order valence-electron chi connectivity index (χ3n) is 3.01. The summed E-state index contributed by atoms with van der Waals surface area (Å²) in [6.07, 6.45) is -12.0. The van der Waals surface area contributed by atoms with Crippen LogP contribution in [0.1, 0.15) is 55.6 Å². The number of carbonyl (C=O) groups excluding carboxylic acids is 2. The minimum Gasteiger partial charge on any atom is -0.444 e. The van der Waals surface area contributed by atoms with Gasteiger partial charge in [0.25, 0.3) is 0 Å². The van der Waals surface area contributed by atoms with Crippen molar-refractivity contribution in [2.24, 2.45) is 0 Å². The van der Waals surface area contributed by atoms with E-state index in [0.717, 1.165) is 0 Å². The van der Waals surface area contributed by atoms with Crippen LogP contribution < -0.4 is 5.32 Å². The van der Waals surface area contributed by atoms with Crippen LogP contribution in [-0.4, -0.2) is 17.5 Å². The van der Waals surface area contributed by atoms with Gasteiger partial charge in [-0.25, -0.2) is 4.79 Å². The van der Waals surface area contributed by atoms with Crippen molar-refractivity contribution in [2.75, 3.05) is 5.32 Å². The Morgan fingerprint density at radius 3 is 1.92 bits per heavy atom. The monoisotopic (exact) mass is 385 g/mol. The summed E-state index contributed by atoms with van der Waals surface area (Å²) in [6.45, 7) is 5.62. The Labute approximate surface area is 145 Å². The fraction of sp³-hybridized carbons (Fsp3) is 0.500. The molecule has 1 aromatic rings. The van der Waals surface area contributed by atoms with E-state index in [9.17, 15) is 35.9 Å². The molecule has 0 saturated carbocycles. The molecule has 0 atom stereocenters. The van der Waals surface area contributed by atoms with E-state index >= 15 is 0 Å². The minimum absolute atomic E-state index is 0.150. The quantitative estimate of drug-likeness (QED) is 0.539. The lowest BCUT2D eigenvalue weighted by Gasteiger charge is -2.22. The number of benzene rings is 1. The molecule has 0 aliphatic carbocycles. The SMILES string of the molecule is CCC(=O)c1c(NC(=O)OC(C)(C)C)cc(C(F)(F)F)cc1C(F)(F)F. The Balaban J connectivity index is 3.63. The van der Waals surface area contributed by atoms with Crippen LogP contribution >= 0.6 is 0 Å². The van der Waals surface area contributed by atoms with Gasteiger partial charge in [0.05, 0.1) is 22.4 Å². The third kappa shape index (κ3) is 5.63. The molecule has 1 rings (SSSR count). The van der Waals surface area contributed by atoms with Crippen LogP contribution in [0.4, 0.5) is 36.8 Å². The summed E-state index contributed by atoms with van der Waals surface area (Å²) in [5.74, 6) is -1.07. The maximum Gasteiger partial charge on any atom is 0.417 e. The van der Waals surface area contributed by atoms with Crippen LogP contribution in [0.15, 0.2) is 12.1 Å². The molecule has 146 valence electrons. The van der Waals surface area contributed by atoms with Crippen LogP contribution in [0.3, 0.4) is 0 Å². The fourth-order valence-electron chi connectivity index (χ4n) is 2.02. The molecule has 1 N–H and O–H groups in total.